The van der Waals surface area contributed by atoms with Crippen molar-refractivity contribution in [3.63, 3.8) is 0 Å². The van der Waals surface area contributed by atoms with E-state index >= 15 is 0 Å². The monoisotopic (exact) mass is 508 g/mol. The Balaban J connectivity index is 1.16. The zero-order valence-corrected chi connectivity index (χ0v) is 21.9. The van der Waals surface area contributed by atoms with Crippen molar-refractivity contribution in [2.75, 3.05) is 50.8 Å². The standard InChI is InChI=1S/C29H40N4O4/c1-2-31-13-15-32(16-14-31)22-11-9-21(10-12-22)28(35)30-25(20-5-3-4-6-20)29(36)33-17-23(19-7-8-19)27-26(33)24(34)18-37-27/h9-12,19-20,23,25-27H,2-8,13-18H2,1H3,(H,30,35)/t23-,25+,26-,27-/m1/s1. The number of piperazine rings is 1. The highest BCUT2D eigenvalue weighted by Gasteiger charge is 2.57. The molecule has 5 fully saturated rings. The molecule has 8 nitrogen and oxygen atoms in total. The maximum Gasteiger partial charge on any atom is 0.251 e. The molecule has 0 unspecified atom stereocenters. The van der Waals surface area contributed by atoms with Crippen LogP contribution in [0.15, 0.2) is 24.3 Å². The van der Waals surface area contributed by atoms with Gasteiger partial charge in [-0.15, -0.1) is 0 Å². The number of anilines is 1. The maximum absolute atomic E-state index is 14.0. The van der Waals surface area contributed by atoms with E-state index in [1.165, 1.54) is 0 Å². The summed E-state index contributed by atoms with van der Waals surface area (Å²) < 4.78 is 5.88. The van der Waals surface area contributed by atoms with E-state index in [2.05, 4.69) is 22.0 Å². The number of hydrogen-bond acceptors (Lipinski definition) is 6. The predicted octanol–water partition coefficient (Wildman–Crippen LogP) is 2.32. The zero-order valence-electron chi connectivity index (χ0n) is 21.9. The molecule has 0 radical (unpaired) electrons. The number of rotatable bonds is 7. The van der Waals surface area contributed by atoms with Gasteiger partial charge in [0.05, 0.1) is 6.10 Å². The van der Waals surface area contributed by atoms with Gasteiger partial charge in [0, 0.05) is 49.9 Å². The average molecular weight is 509 g/mol. The van der Waals surface area contributed by atoms with Crippen molar-refractivity contribution in [2.24, 2.45) is 17.8 Å². The molecule has 6 rings (SSSR count). The number of nitrogens with one attached hydrogen (secondary N) is 1. The first-order valence-electron chi connectivity index (χ1n) is 14.4. The number of likely N-dealkylation sites (N-methyl/N-ethyl adjacent to an activating group) is 1. The van der Waals surface area contributed by atoms with Crippen LogP contribution in [0.5, 0.6) is 0 Å². The number of likely N-dealkylation sites (tertiary alicyclic amines) is 1. The van der Waals surface area contributed by atoms with E-state index in [0.29, 0.717) is 18.0 Å². The van der Waals surface area contributed by atoms with E-state index in [-0.39, 0.29) is 42.1 Å². The SMILES string of the molecule is CCN1CCN(c2ccc(C(=O)N[C@H](C(=O)N3C[C@H](C4CC4)[C@H]4OCC(=O)[C@H]43)C3CCCC3)cc2)CC1. The Kier molecular flexibility index (Phi) is 6.97. The number of hydrogen-bond donors (Lipinski definition) is 1. The normalized spacial score (nSPS) is 29.5. The third-order valence-corrected chi connectivity index (χ3v) is 9.47. The molecule has 1 N–H and O–H groups in total. The Morgan fingerprint density at radius 3 is 2.38 bits per heavy atom. The van der Waals surface area contributed by atoms with Gasteiger partial charge in [-0.05, 0) is 68.3 Å². The van der Waals surface area contributed by atoms with Gasteiger partial charge in [-0.1, -0.05) is 19.8 Å². The average Bonchev–Trinajstić information content (AvgIpc) is 3.31. The second-order valence-electron chi connectivity index (χ2n) is 11.6. The molecule has 2 aliphatic carbocycles. The third kappa shape index (κ3) is 4.90. The summed E-state index contributed by atoms with van der Waals surface area (Å²) in [6, 6.07) is 6.70. The molecule has 2 amide bonds. The van der Waals surface area contributed by atoms with Crippen LogP contribution in [0.2, 0.25) is 0 Å². The number of ketones is 1. The van der Waals surface area contributed by atoms with Crippen LogP contribution in [0, 0.1) is 17.8 Å². The fourth-order valence-corrected chi connectivity index (χ4v) is 7.08. The van der Waals surface area contributed by atoms with Gasteiger partial charge < -0.3 is 24.8 Å². The summed E-state index contributed by atoms with van der Waals surface area (Å²) in [7, 11) is 0. The maximum atomic E-state index is 14.0. The Hall–Kier alpha value is -2.45. The van der Waals surface area contributed by atoms with Crippen molar-refractivity contribution in [1.29, 1.82) is 0 Å². The first kappa shape index (κ1) is 24.9. The summed E-state index contributed by atoms with van der Waals surface area (Å²) in [6.45, 7) is 8.02. The van der Waals surface area contributed by atoms with Gasteiger partial charge in [0.25, 0.3) is 5.91 Å². The minimum absolute atomic E-state index is 0.00774. The zero-order chi connectivity index (χ0) is 25.5. The molecule has 1 aromatic carbocycles. The predicted molar refractivity (Wildman–Crippen MR) is 140 cm³/mol. The minimum Gasteiger partial charge on any atom is -0.369 e. The number of carbonyl (C=O) groups excluding carboxylic acids is 3. The molecule has 4 atom stereocenters. The molecule has 200 valence electrons. The Morgan fingerprint density at radius 2 is 1.73 bits per heavy atom. The number of amides is 2. The second kappa shape index (κ2) is 10.4. The van der Waals surface area contributed by atoms with Crippen LogP contribution in [0.25, 0.3) is 0 Å². The van der Waals surface area contributed by atoms with Crippen molar-refractivity contribution in [1.82, 2.24) is 15.1 Å². The van der Waals surface area contributed by atoms with E-state index in [9.17, 15) is 14.4 Å². The van der Waals surface area contributed by atoms with Gasteiger partial charge in [-0.25, -0.2) is 0 Å². The molecule has 0 bridgehead atoms. The van der Waals surface area contributed by atoms with Crippen molar-refractivity contribution >= 4 is 23.3 Å². The lowest BCUT2D eigenvalue weighted by atomic mass is 9.95. The topological polar surface area (TPSA) is 82.2 Å². The summed E-state index contributed by atoms with van der Waals surface area (Å²) in [5, 5.41) is 3.12. The molecule has 5 aliphatic rings. The van der Waals surface area contributed by atoms with E-state index in [0.717, 1.165) is 76.9 Å². The van der Waals surface area contributed by atoms with Gasteiger partial charge in [-0.3, -0.25) is 14.4 Å². The highest BCUT2D eigenvalue weighted by Crippen LogP contribution is 2.46. The second-order valence-corrected chi connectivity index (χ2v) is 11.6. The number of Topliss-reactive ketones (excluding diaryl/α,β-unsaturated/α-hetero) is 1. The number of benzene rings is 1. The van der Waals surface area contributed by atoms with Crippen LogP contribution in [0.1, 0.15) is 55.8 Å². The molecule has 0 aromatic heterocycles. The van der Waals surface area contributed by atoms with E-state index in [1.54, 1.807) is 4.90 Å². The lowest BCUT2D eigenvalue weighted by Gasteiger charge is -2.35. The Morgan fingerprint density at radius 1 is 1.03 bits per heavy atom. The van der Waals surface area contributed by atoms with Crippen molar-refractivity contribution in [2.45, 2.75) is 63.6 Å². The summed E-state index contributed by atoms with van der Waals surface area (Å²) in [6.07, 6.45) is 6.14. The van der Waals surface area contributed by atoms with Crippen molar-refractivity contribution in [3.8, 4) is 0 Å². The summed E-state index contributed by atoms with van der Waals surface area (Å²) in [5.74, 6) is 0.611. The van der Waals surface area contributed by atoms with E-state index in [1.807, 2.05) is 24.3 Å². The lowest BCUT2D eigenvalue weighted by Crippen LogP contribution is -2.54. The number of ether oxygens (including phenoxy) is 1. The summed E-state index contributed by atoms with van der Waals surface area (Å²) >= 11 is 0. The largest absolute Gasteiger partial charge is 0.369 e. The van der Waals surface area contributed by atoms with Gasteiger partial charge in [0.1, 0.15) is 18.7 Å². The smallest absolute Gasteiger partial charge is 0.251 e. The first-order valence-corrected chi connectivity index (χ1v) is 14.4. The lowest BCUT2D eigenvalue weighted by molar-refractivity contribution is -0.139. The van der Waals surface area contributed by atoms with E-state index in [4.69, 9.17) is 4.74 Å². The van der Waals surface area contributed by atoms with Crippen LogP contribution < -0.4 is 10.2 Å². The van der Waals surface area contributed by atoms with Gasteiger partial charge in [0.2, 0.25) is 5.91 Å². The molecule has 3 saturated heterocycles. The fourth-order valence-electron chi connectivity index (χ4n) is 7.08. The highest BCUT2D eigenvalue weighted by molar-refractivity contribution is 5.99. The first-order chi connectivity index (χ1) is 18.0. The molecule has 1 aromatic rings. The molecule has 3 aliphatic heterocycles. The van der Waals surface area contributed by atoms with Crippen LogP contribution in [0.3, 0.4) is 0 Å². The molecule has 0 spiro atoms. The highest BCUT2D eigenvalue weighted by atomic mass is 16.5. The number of fused-ring (bicyclic) bond motifs is 1. The molecule has 37 heavy (non-hydrogen) atoms. The molecular formula is C29H40N4O4. The van der Waals surface area contributed by atoms with Crippen LogP contribution in [0.4, 0.5) is 5.69 Å². The van der Waals surface area contributed by atoms with Gasteiger partial charge in [0.15, 0.2) is 5.78 Å². The fraction of sp³-hybridized carbons (Fsp3) is 0.690. The van der Waals surface area contributed by atoms with Crippen molar-refractivity contribution < 1.29 is 19.1 Å². The number of carbonyl (C=O) groups is 3. The summed E-state index contributed by atoms with van der Waals surface area (Å²) in [5.41, 5.74) is 1.70. The van der Waals surface area contributed by atoms with Crippen LogP contribution >= 0.6 is 0 Å². The molecule has 8 heteroatoms. The third-order valence-electron chi connectivity index (χ3n) is 9.47. The van der Waals surface area contributed by atoms with Crippen LogP contribution in [-0.2, 0) is 14.3 Å². The van der Waals surface area contributed by atoms with Gasteiger partial charge in [-0.2, -0.15) is 0 Å². The Bertz CT molecular complexity index is 1010. The van der Waals surface area contributed by atoms with Crippen LogP contribution in [-0.4, -0.2) is 91.5 Å². The van der Waals surface area contributed by atoms with Crippen molar-refractivity contribution in [3.05, 3.63) is 29.8 Å². The van der Waals surface area contributed by atoms with Gasteiger partial charge >= 0.3 is 0 Å². The quantitative estimate of drug-likeness (QED) is 0.609. The molecule has 3 heterocycles. The number of nitrogens with zero attached hydrogens (tertiary/aromatic N) is 3. The molecule has 2 saturated carbocycles. The van der Waals surface area contributed by atoms with E-state index < -0.39 is 12.1 Å². The summed E-state index contributed by atoms with van der Waals surface area (Å²) in [4.78, 5) is 46.7. The molecular weight excluding hydrogens is 468 g/mol. The minimum atomic E-state index is -0.594. The Labute approximate surface area is 219 Å².